The second-order valence-corrected chi connectivity index (χ2v) is 7.28. The van der Waals surface area contributed by atoms with Gasteiger partial charge in [-0.15, -0.1) is 5.10 Å². The van der Waals surface area contributed by atoms with Gasteiger partial charge in [0.1, 0.15) is 11.5 Å². The van der Waals surface area contributed by atoms with Gasteiger partial charge in [0, 0.05) is 30.2 Å². The molecule has 0 amide bonds. The number of hydrogen-bond donors (Lipinski definition) is 0. The van der Waals surface area contributed by atoms with Gasteiger partial charge in [-0.05, 0) is 18.1 Å². The maximum Gasteiger partial charge on any atom is 0.252 e. The fourth-order valence-corrected chi connectivity index (χ4v) is 3.97. The van der Waals surface area contributed by atoms with E-state index in [4.69, 9.17) is 9.47 Å². The molecule has 1 aliphatic carbocycles. The summed E-state index contributed by atoms with van der Waals surface area (Å²) in [4.78, 5) is 22.2. The lowest BCUT2D eigenvalue weighted by Gasteiger charge is -2.24. The minimum absolute atomic E-state index is 0.0164. The Kier molecular flexibility index (Phi) is 4.43. The number of ketones is 1. The molecule has 0 aliphatic heterocycles. The van der Waals surface area contributed by atoms with Gasteiger partial charge in [0.05, 0.1) is 25.5 Å². The Morgan fingerprint density at radius 2 is 1.83 bits per heavy atom. The summed E-state index contributed by atoms with van der Waals surface area (Å²) in [5, 5.41) is 4.51. The number of benzene rings is 2. The van der Waals surface area contributed by atoms with Crippen molar-refractivity contribution in [3.05, 3.63) is 71.5 Å². The molecule has 1 atom stereocenters. The third-order valence-corrected chi connectivity index (χ3v) is 5.49. The number of fused-ring (bicyclic) bond motifs is 2. The molecule has 0 spiro atoms. The van der Waals surface area contributed by atoms with Crippen molar-refractivity contribution in [3.8, 4) is 22.9 Å². The molecule has 0 bridgehead atoms. The van der Waals surface area contributed by atoms with Gasteiger partial charge in [-0.3, -0.25) is 4.79 Å². The number of rotatable bonds is 4. The highest BCUT2D eigenvalue weighted by atomic mass is 16.5. The van der Waals surface area contributed by atoms with E-state index in [1.54, 1.807) is 24.9 Å². The molecule has 150 valence electrons. The van der Waals surface area contributed by atoms with E-state index in [9.17, 15) is 4.79 Å². The molecular weight excluding hydrogens is 380 g/mol. The van der Waals surface area contributed by atoms with E-state index in [1.807, 2.05) is 48.5 Å². The summed E-state index contributed by atoms with van der Waals surface area (Å²) in [6.07, 6.45) is 2.78. The third kappa shape index (κ3) is 3.08. The minimum atomic E-state index is -0.0164. The smallest absolute Gasteiger partial charge is 0.252 e. The maximum atomic E-state index is 12.9. The maximum absolute atomic E-state index is 12.9. The van der Waals surface area contributed by atoms with Crippen molar-refractivity contribution in [2.75, 3.05) is 14.2 Å². The fraction of sp³-hybridized carbons (Fsp3) is 0.217. The number of Topliss-reactive ketones (excluding diaryl/α,β-unsaturated/α-hetero) is 1. The van der Waals surface area contributed by atoms with Crippen molar-refractivity contribution in [2.24, 2.45) is 0 Å². The van der Waals surface area contributed by atoms with Crippen LogP contribution in [-0.2, 0) is 6.42 Å². The topological polar surface area (TPSA) is 78.6 Å². The summed E-state index contributed by atoms with van der Waals surface area (Å²) in [6.45, 7) is 0. The number of carbonyl (C=O) groups excluding carboxylic acids is 1. The molecule has 0 radical (unpaired) electrons. The first-order chi connectivity index (χ1) is 14.7. The van der Waals surface area contributed by atoms with Crippen LogP contribution in [0, 0.1) is 0 Å². The van der Waals surface area contributed by atoms with Crippen LogP contribution in [0.3, 0.4) is 0 Å². The van der Waals surface area contributed by atoms with Gasteiger partial charge in [0.2, 0.25) is 0 Å². The molecule has 0 unspecified atom stereocenters. The Morgan fingerprint density at radius 3 is 2.60 bits per heavy atom. The standard InChI is InChI=1S/C23H20N4O3/c1-29-16-8-9-17(21(12-16)30-2)15-10-19-18(20(28)11-15)13-27-23(24-19)25-22(26-27)14-6-4-3-5-7-14/h3-9,12-13,15H,10-11H2,1-2H3/t15-/m1/s1. The normalized spacial score (nSPS) is 15.8. The highest BCUT2D eigenvalue weighted by molar-refractivity contribution is 5.98. The number of hydrogen-bond acceptors (Lipinski definition) is 6. The molecule has 0 saturated carbocycles. The zero-order chi connectivity index (χ0) is 20.7. The number of carbonyl (C=O) groups is 1. The lowest BCUT2D eigenvalue weighted by atomic mass is 9.82. The zero-order valence-corrected chi connectivity index (χ0v) is 16.7. The Balaban J connectivity index is 1.54. The number of ether oxygens (including phenoxy) is 2. The van der Waals surface area contributed by atoms with Crippen LogP contribution in [0.2, 0.25) is 0 Å². The van der Waals surface area contributed by atoms with Gasteiger partial charge in [-0.25, -0.2) is 9.50 Å². The predicted molar refractivity (Wildman–Crippen MR) is 111 cm³/mol. The second-order valence-electron chi connectivity index (χ2n) is 7.28. The van der Waals surface area contributed by atoms with Crippen molar-refractivity contribution in [1.82, 2.24) is 19.6 Å². The van der Waals surface area contributed by atoms with E-state index in [0.29, 0.717) is 35.8 Å². The largest absolute Gasteiger partial charge is 0.497 e. The van der Waals surface area contributed by atoms with Gasteiger partial charge < -0.3 is 9.47 Å². The molecule has 2 aromatic carbocycles. The molecule has 2 heterocycles. The molecule has 30 heavy (non-hydrogen) atoms. The summed E-state index contributed by atoms with van der Waals surface area (Å²) in [5.74, 6) is 2.54. The average molecular weight is 400 g/mol. The summed E-state index contributed by atoms with van der Waals surface area (Å²) in [7, 11) is 3.24. The van der Waals surface area contributed by atoms with E-state index >= 15 is 0 Å². The van der Waals surface area contributed by atoms with Gasteiger partial charge in [0.25, 0.3) is 5.78 Å². The SMILES string of the molecule is COc1ccc([C@H]2CC(=O)c3cn4nc(-c5ccccc5)nc4nc3C2)c(OC)c1. The van der Waals surface area contributed by atoms with E-state index in [1.165, 1.54) is 0 Å². The molecule has 2 aromatic heterocycles. The molecule has 0 N–H and O–H groups in total. The molecular formula is C23H20N4O3. The zero-order valence-electron chi connectivity index (χ0n) is 16.7. The summed E-state index contributed by atoms with van der Waals surface area (Å²) < 4.78 is 12.4. The van der Waals surface area contributed by atoms with Crippen molar-refractivity contribution in [2.45, 2.75) is 18.8 Å². The Bertz CT molecular complexity index is 1250. The third-order valence-electron chi connectivity index (χ3n) is 5.49. The number of nitrogens with zero attached hydrogens (tertiary/aromatic N) is 4. The summed E-state index contributed by atoms with van der Waals surface area (Å²) in [5.41, 5.74) is 3.24. The molecule has 4 aromatic rings. The van der Waals surface area contributed by atoms with Crippen LogP contribution < -0.4 is 9.47 Å². The van der Waals surface area contributed by atoms with Crippen LogP contribution >= 0.6 is 0 Å². The van der Waals surface area contributed by atoms with Crippen LogP contribution in [-0.4, -0.2) is 39.6 Å². The van der Waals surface area contributed by atoms with Gasteiger partial charge in [0.15, 0.2) is 11.6 Å². The van der Waals surface area contributed by atoms with Crippen molar-refractivity contribution >= 4 is 11.6 Å². The molecule has 7 heteroatoms. The van der Waals surface area contributed by atoms with E-state index in [2.05, 4.69) is 15.1 Å². The predicted octanol–water partition coefficient (Wildman–Crippen LogP) is 3.72. The average Bonchev–Trinajstić information content (AvgIpc) is 3.21. The minimum Gasteiger partial charge on any atom is -0.497 e. The number of methoxy groups -OCH3 is 2. The molecule has 0 fully saturated rings. The van der Waals surface area contributed by atoms with Crippen LogP contribution in [0.1, 0.15) is 34.0 Å². The summed E-state index contributed by atoms with van der Waals surface area (Å²) >= 11 is 0. The first-order valence-corrected chi connectivity index (χ1v) is 9.73. The lowest BCUT2D eigenvalue weighted by molar-refractivity contribution is 0.0962. The lowest BCUT2D eigenvalue weighted by Crippen LogP contribution is -2.21. The highest BCUT2D eigenvalue weighted by Gasteiger charge is 2.30. The van der Waals surface area contributed by atoms with Gasteiger partial charge >= 0.3 is 0 Å². The Labute approximate surface area is 173 Å². The van der Waals surface area contributed by atoms with Crippen molar-refractivity contribution in [3.63, 3.8) is 0 Å². The van der Waals surface area contributed by atoms with E-state index in [-0.39, 0.29) is 11.7 Å². The molecule has 7 nitrogen and oxygen atoms in total. The van der Waals surface area contributed by atoms with E-state index < -0.39 is 0 Å². The first kappa shape index (κ1) is 18.3. The van der Waals surface area contributed by atoms with E-state index in [0.717, 1.165) is 22.6 Å². The Morgan fingerprint density at radius 1 is 1.00 bits per heavy atom. The van der Waals surface area contributed by atoms with Crippen LogP contribution in [0.4, 0.5) is 0 Å². The van der Waals surface area contributed by atoms with Gasteiger partial charge in [-0.2, -0.15) is 4.98 Å². The second kappa shape index (κ2) is 7.26. The quantitative estimate of drug-likeness (QED) is 0.520. The van der Waals surface area contributed by atoms with Crippen molar-refractivity contribution in [1.29, 1.82) is 0 Å². The highest BCUT2D eigenvalue weighted by Crippen LogP contribution is 2.38. The number of aromatic nitrogens is 4. The van der Waals surface area contributed by atoms with Crippen LogP contribution in [0.15, 0.2) is 54.7 Å². The monoisotopic (exact) mass is 400 g/mol. The van der Waals surface area contributed by atoms with Crippen LogP contribution in [0.5, 0.6) is 11.5 Å². The van der Waals surface area contributed by atoms with Crippen LogP contribution in [0.25, 0.3) is 17.2 Å². The van der Waals surface area contributed by atoms with Gasteiger partial charge in [-0.1, -0.05) is 36.4 Å². The molecule has 0 saturated heterocycles. The molecule has 5 rings (SSSR count). The fourth-order valence-electron chi connectivity index (χ4n) is 3.97. The Hall–Kier alpha value is -3.74. The summed E-state index contributed by atoms with van der Waals surface area (Å²) in [6, 6.07) is 15.4. The van der Waals surface area contributed by atoms with Crippen molar-refractivity contribution < 1.29 is 14.3 Å². The molecule has 1 aliphatic rings. The first-order valence-electron chi connectivity index (χ1n) is 9.73.